The van der Waals surface area contributed by atoms with Crippen LogP contribution in [0.4, 0.5) is 4.79 Å². The Bertz CT molecular complexity index is 715. The molecule has 8 nitrogen and oxygen atoms in total. The summed E-state index contributed by atoms with van der Waals surface area (Å²) in [6, 6.07) is 8.90. The van der Waals surface area contributed by atoms with Crippen molar-refractivity contribution in [3.8, 4) is 0 Å². The summed E-state index contributed by atoms with van der Waals surface area (Å²) in [5.41, 5.74) is 2.61. The monoisotopic (exact) mass is 430 g/mol. The minimum absolute atomic E-state index is 0.225. The van der Waals surface area contributed by atoms with E-state index >= 15 is 0 Å². The largest absolute Gasteiger partial charge is 0.450 e. The number of aliphatic imine (C=N–C) groups is 1. The van der Waals surface area contributed by atoms with E-state index in [0.717, 1.165) is 45.2 Å². The molecule has 1 N–H and O–H groups in total. The molecule has 0 radical (unpaired) electrons. The van der Waals surface area contributed by atoms with E-state index in [9.17, 15) is 4.79 Å². The highest BCUT2D eigenvalue weighted by molar-refractivity contribution is 5.80. The van der Waals surface area contributed by atoms with Gasteiger partial charge in [0.15, 0.2) is 5.96 Å². The highest BCUT2D eigenvalue weighted by Crippen LogP contribution is 2.11. The molecular formula is C23H38N6O2. The van der Waals surface area contributed by atoms with Gasteiger partial charge in [0.25, 0.3) is 0 Å². The van der Waals surface area contributed by atoms with Gasteiger partial charge in [0.05, 0.1) is 6.61 Å². The predicted molar refractivity (Wildman–Crippen MR) is 124 cm³/mol. The van der Waals surface area contributed by atoms with E-state index < -0.39 is 0 Å². The van der Waals surface area contributed by atoms with Gasteiger partial charge in [-0.15, -0.1) is 0 Å². The number of ether oxygens (including phenoxy) is 1. The number of piperazine rings is 1. The molecule has 0 spiro atoms. The molecule has 0 aliphatic carbocycles. The highest BCUT2D eigenvalue weighted by Gasteiger charge is 2.23. The molecular weight excluding hydrogens is 392 g/mol. The van der Waals surface area contributed by atoms with Gasteiger partial charge in [0.2, 0.25) is 0 Å². The summed E-state index contributed by atoms with van der Waals surface area (Å²) in [5, 5.41) is 3.46. The van der Waals surface area contributed by atoms with Gasteiger partial charge in [-0.25, -0.2) is 4.79 Å². The smallest absolute Gasteiger partial charge is 0.409 e. The van der Waals surface area contributed by atoms with E-state index in [4.69, 9.17) is 4.74 Å². The van der Waals surface area contributed by atoms with Crippen LogP contribution in [0.2, 0.25) is 0 Å². The van der Waals surface area contributed by atoms with Crippen molar-refractivity contribution >= 4 is 12.1 Å². The molecule has 0 bridgehead atoms. The van der Waals surface area contributed by atoms with Crippen LogP contribution in [0.3, 0.4) is 0 Å². The Labute approximate surface area is 186 Å². The number of carbonyl (C=O) groups is 1. The number of rotatable bonds is 5. The fraction of sp³-hybridized carbons (Fsp3) is 0.652. The predicted octanol–water partition coefficient (Wildman–Crippen LogP) is 1.67. The molecule has 0 saturated carbocycles. The molecule has 0 aromatic heterocycles. The number of nitrogens with zero attached hydrogens (tertiary/aromatic N) is 5. The molecule has 1 aromatic rings. The van der Waals surface area contributed by atoms with Crippen LogP contribution >= 0.6 is 0 Å². The lowest BCUT2D eigenvalue weighted by Gasteiger charge is -2.35. The van der Waals surface area contributed by atoms with Gasteiger partial charge in [0, 0.05) is 59.4 Å². The summed E-state index contributed by atoms with van der Waals surface area (Å²) in [6.45, 7) is 11.5. The third-order valence-corrected chi connectivity index (χ3v) is 6.01. The van der Waals surface area contributed by atoms with Gasteiger partial charge in [-0.2, -0.15) is 0 Å². The molecule has 2 saturated heterocycles. The third kappa shape index (κ3) is 7.11. The van der Waals surface area contributed by atoms with Gasteiger partial charge in [-0.3, -0.25) is 9.89 Å². The molecule has 0 unspecified atom stereocenters. The van der Waals surface area contributed by atoms with E-state index in [1.54, 1.807) is 4.90 Å². The maximum Gasteiger partial charge on any atom is 0.409 e. The molecule has 2 aliphatic rings. The van der Waals surface area contributed by atoms with Crippen molar-refractivity contribution < 1.29 is 9.53 Å². The quantitative estimate of drug-likeness (QED) is 0.566. The fourth-order valence-electron chi connectivity index (χ4n) is 4.11. The van der Waals surface area contributed by atoms with Crippen molar-refractivity contribution in [3.05, 3.63) is 35.4 Å². The van der Waals surface area contributed by atoms with Crippen LogP contribution in [0.1, 0.15) is 24.5 Å². The zero-order valence-corrected chi connectivity index (χ0v) is 19.3. The number of nitrogens with one attached hydrogen (secondary N) is 1. The van der Waals surface area contributed by atoms with Gasteiger partial charge in [-0.05, 0) is 44.6 Å². The first-order valence-electron chi connectivity index (χ1n) is 11.4. The highest BCUT2D eigenvalue weighted by atomic mass is 16.6. The number of likely N-dealkylation sites (N-methyl/N-ethyl adjacent to an activating group) is 1. The maximum atomic E-state index is 11.9. The number of guanidine groups is 1. The summed E-state index contributed by atoms with van der Waals surface area (Å²) < 4.78 is 5.09. The number of amides is 1. The Balaban J connectivity index is 1.44. The lowest BCUT2D eigenvalue weighted by Crippen LogP contribution is -2.53. The average Bonchev–Trinajstić information content (AvgIpc) is 3.00. The second-order valence-corrected chi connectivity index (χ2v) is 8.32. The lowest BCUT2D eigenvalue weighted by atomic mass is 10.1. The molecule has 172 valence electrons. The first-order valence-corrected chi connectivity index (χ1v) is 11.4. The van der Waals surface area contributed by atoms with Gasteiger partial charge >= 0.3 is 6.09 Å². The number of hydrogen-bond acceptors (Lipinski definition) is 5. The molecule has 31 heavy (non-hydrogen) atoms. The summed E-state index contributed by atoms with van der Waals surface area (Å²) in [6.07, 6.45) is 1.02. The van der Waals surface area contributed by atoms with Crippen LogP contribution < -0.4 is 5.32 Å². The van der Waals surface area contributed by atoms with Crippen molar-refractivity contribution in [3.63, 3.8) is 0 Å². The Morgan fingerprint density at radius 2 is 1.65 bits per heavy atom. The zero-order valence-electron chi connectivity index (χ0n) is 19.3. The fourth-order valence-corrected chi connectivity index (χ4v) is 4.11. The van der Waals surface area contributed by atoms with Crippen LogP contribution in [0, 0.1) is 0 Å². The van der Waals surface area contributed by atoms with Crippen molar-refractivity contribution in [2.75, 3.05) is 73.1 Å². The van der Waals surface area contributed by atoms with E-state index in [0.29, 0.717) is 19.7 Å². The van der Waals surface area contributed by atoms with Gasteiger partial charge < -0.3 is 24.8 Å². The minimum Gasteiger partial charge on any atom is -0.450 e. The second-order valence-electron chi connectivity index (χ2n) is 8.32. The second kappa shape index (κ2) is 11.9. The van der Waals surface area contributed by atoms with Crippen molar-refractivity contribution in [1.29, 1.82) is 0 Å². The third-order valence-electron chi connectivity index (χ3n) is 6.01. The van der Waals surface area contributed by atoms with Crippen molar-refractivity contribution in [1.82, 2.24) is 24.9 Å². The van der Waals surface area contributed by atoms with E-state index in [1.807, 2.05) is 14.0 Å². The Morgan fingerprint density at radius 3 is 2.32 bits per heavy atom. The first-order chi connectivity index (χ1) is 15.1. The summed E-state index contributed by atoms with van der Waals surface area (Å²) in [5.74, 6) is 0.876. The van der Waals surface area contributed by atoms with Crippen LogP contribution in [-0.4, -0.2) is 105 Å². The van der Waals surface area contributed by atoms with Gasteiger partial charge in [-0.1, -0.05) is 24.3 Å². The molecule has 1 aromatic carbocycles. The van der Waals surface area contributed by atoms with Crippen LogP contribution in [0.25, 0.3) is 0 Å². The Morgan fingerprint density at radius 1 is 0.968 bits per heavy atom. The SMILES string of the molecule is CCOC(=O)N1CCN(C(=NC)NCc2ccc(CN3CCCN(C)CC3)cc2)CC1. The molecule has 2 aliphatic heterocycles. The molecule has 3 rings (SSSR count). The van der Waals surface area contributed by atoms with Crippen molar-refractivity contribution in [2.24, 2.45) is 4.99 Å². The first kappa shape index (κ1) is 23.3. The summed E-state index contributed by atoms with van der Waals surface area (Å²) >= 11 is 0. The summed E-state index contributed by atoms with van der Waals surface area (Å²) in [7, 11) is 4.02. The lowest BCUT2D eigenvalue weighted by molar-refractivity contribution is 0.0914. The average molecular weight is 431 g/mol. The summed E-state index contributed by atoms with van der Waals surface area (Å²) in [4.78, 5) is 25.2. The molecule has 0 atom stereocenters. The molecule has 2 heterocycles. The Kier molecular flexibility index (Phi) is 8.97. The van der Waals surface area contributed by atoms with E-state index in [1.165, 1.54) is 30.6 Å². The van der Waals surface area contributed by atoms with E-state index in [-0.39, 0.29) is 6.09 Å². The molecule has 1 amide bonds. The number of hydrogen-bond donors (Lipinski definition) is 1. The van der Waals surface area contributed by atoms with Crippen LogP contribution in [0.15, 0.2) is 29.3 Å². The van der Waals surface area contributed by atoms with Crippen molar-refractivity contribution in [2.45, 2.75) is 26.4 Å². The van der Waals surface area contributed by atoms with Gasteiger partial charge in [0.1, 0.15) is 0 Å². The molecule has 2 fully saturated rings. The number of benzene rings is 1. The van der Waals surface area contributed by atoms with E-state index in [2.05, 4.69) is 56.3 Å². The zero-order chi connectivity index (χ0) is 22.1. The van der Waals surface area contributed by atoms with Crippen LogP contribution in [-0.2, 0) is 17.8 Å². The maximum absolute atomic E-state index is 11.9. The normalized spacial score (nSPS) is 19.3. The standard InChI is InChI=1S/C23H38N6O2/c1-4-31-23(30)29-16-14-28(15-17-29)22(24-2)25-18-20-6-8-21(9-7-20)19-27-11-5-10-26(3)12-13-27/h6-9H,4-5,10-19H2,1-3H3,(H,24,25). The number of carbonyl (C=O) groups excluding carboxylic acids is 1. The Hall–Kier alpha value is -2.32. The minimum atomic E-state index is -0.225. The topological polar surface area (TPSA) is 63.7 Å². The van der Waals surface area contributed by atoms with Crippen LogP contribution in [0.5, 0.6) is 0 Å². The molecule has 8 heteroatoms.